The fourth-order valence-corrected chi connectivity index (χ4v) is 2.11. The van der Waals surface area contributed by atoms with Crippen LogP contribution in [-0.2, 0) is 9.59 Å². The number of hydroxylamine groups is 2. The molecule has 0 amide bonds. The van der Waals surface area contributed by atoms with E-state index in [4.69, 9.17) is 0 Å². The molecular weight excluding hydrogens is 337 g/mol. The molecule has 0 aromatic rings. The Balaban J connectivity index is 2.04. The highest BCUT2D eigenvalue weighted by Gasteiger charge is 2.33. The summed E-state index contributed by atoms with van der Waals surface area (Å²) in [6.07, 6.45) is 6.63. The van der Waals surface area contributed by atoms with Gasteiger partial charge >= 0.3 is 11.5 Å². The van der Waals surface area contributed by atoms with E-state index < -0.39 is 28.1 Å². The maximum Gasteiger partial charge on any atom is 0.321 e. The number of ketones is 2. The number of nitrogens with one attached hydrogen (secondary N) is 1. The molecule has 0 saturated carbocycles. The van der Waals surface area contributed by atoms with Crippen molar-refractivity contribution in [2.45, 2.75) is 0 Å². The second kappa shape index (κ2) is 6.05. The Bertz CT molecular complexity index is 922. The van der Waals surface area contributed by atoms with Crippen LogP contribution < -0.4 is 5.43 Å². The van der Waals surface area contributed by atoms with Crippen LogP contribution in [0.5, 0.6) is 0 Å². The number of hydrogen-bond donors (Lipinski definition) is 2. The Labute approximate surface area is 138 Å². The number of carbonyl (C=O) groups is 2. The molecule has 0 fully saturated rings. The first kappa shape index (κ1) is 16.1. The van der Waals surface area contributed by atoms with Crippen LogP contribution in [0.4, 0.5) is 4.39 Å². The minimum atomic E-state index is -1.23. The molecule has 0 bridgehead atoms. The van der Waals surface area contributed by atoms with Crippen molar-refractivity contribution in [3.8, 4) is 0 Å². The smallest absolute Gasteiger partial charge is 0.285 e. The molecule has 126 valence electrons. The Kier molecular flexibility index (Phi) is 3.91. The van der Waals surface area contributed by atoms with E-state index in [2.05, 4.69) is 15.5 Å². The van der Waals surface area contributed by atoms with Crippen LogP contribution in [0.2, 0.25) is 0 Å². The topological polar surface area (TPSA) is 138 Å². The zero-order chi connectivity index (χ0) is 18.1. The molecule has 0 aromatic heterocycles. The van der Waals surface area contributed by atoms with Crippen molar-refractivity contribution in [1.82, 2.24) is 10.5 Å². The first-order valence-corrected chi connectivity index (χ1v) is 6.70. The summed E-state index contributed by atoms with van der Waals surface area (Å²) in [6, 6.07) is 0. The predicted octanol–water partition coefficient (Wildman–Crippen LogP) is 0.496. The molecule has 3 aliphatic rings. The lowest BCUT2D eigenvalue weighted by Crippen LogP contribution is -2.28. The second-order valence-electron chi connectivity index (χ2n) is 4.84. The normalized spacial score (nSPS) is 22.9. The lowest BCUT2D eigenvalue weighted by molar-refractivity contribution is -0.418. The van der Waals surface area contributed by atoms with Gasteiger partial charge in [0.25, 0.3) is 0 Å². The molecule has 0 saturated heterocycles. The van der Waals surface area contributed by atoms with Gasteiger partial charge in [-0.3, -0.25) is 30.3 Å². The average Bonchev–Trinajstić information content (AvgIpc) is 2.59. The minimum absolute atomic E-state index is 0.0122. The third kappa shape index (κ3) is 2.90. The van der Waals surface area contributed by atoms with Gasteiger partial charge in [-0.2, -0.15) is 14.6 Å². The molecule has 25 heavy (non-hydrogen) atoms. The summed E-state index contributed by atoms with van der Waals surface area (Å²) in [5.41, 5.74) is 1.48. The molecule has 0 radical (unpaired) electrons. The Morgan fingerprint density at radius 2 is 2.08 bits per heavy atom. The molecule has 2 heterocycles. The summed E-state index contributed by atoms with van der Waals surface area (Å²) in [5.74, 6) is -3.32. The van der Waals surface area contributed by atoms with Gasteiger partial charge in [-0.25, -0.2) is 4.99 Å². The monoisotopic (exact) mass is 345 g/mol. The van der Waals surface area contributed by atoms with Crippen LogP contribution in [0.1, 0.15) is 0 Å². The van der Waals surface area contributed by atoms with Crippen molar-refractivity contribution < 1.29 is 24.1 Å². The number of nitrogens with zero attached hydrogens (tertiary/aromatic N) is 4. The molecule has 0 spiro atoms. The summed E-state index contributed by atoms with van der Waals surface area (Å²) in [7, 11) is 0. The number of hydrogen-bond acceptors (Lipinski definition) is 9. The maximum atomic E-state index is 13.4. The van der Waals surface area contributed by atoms with Gasteiger partial charge in [-0.1, -0.05) is 6.08 Å². The van der Waals surface area contributed by atoms with Crippen LogP contribution >= 0.6 is 0 Å². The number of Topliss-reactive ketones (excluding diaryl/α,β-unsaturated/α-hetero) is 1. The van der Waals surface area contributed by atoms with Crippen molar-refractivity contribution >= 4 is 23.5 Å². The number of hydrazone groups is 1. The Morgan fingerprint density at radius 1 is 1.32 bits per heavy atom. The van der Waals surface area contributed by atoms with Crippen LogP contribution in [0.3, 0.4) is 0 Å². The molecule has 0 unspecified atom stereocenters. The van der Waals surface area contributed by atoms with Crippen molar-refractivity contribution in [2.75, 3.05) is 0 Å². The number of nitro groups is 1. The molecule has 1 aliphatic carbocycles. The fourth-order valence-electron chi connectivity index (χ4n) is 2.11. The van der Waals surface area contributed by atoms with Gasteiger partial charge in [0.15, 0.2) is 5.82 Å². The molecular formula is C14H8FN5O5. The van der Waals surface area contributed by atoms with E-state index in [1.165, 1.54) is 12.2 Å². The van der Waals surface area contributed by atoms with E-state index in [0.717, 1.165) is 24.4 Å². The van der Waals surface area contributed by atoms with Gasteiger partial charge in [0, 0.05) is 11.6 Å². The molecule has 11 heteroatoms. The lowest BCUT2D eigenvalue weighted by Gasteiger charge is -2.21. The zero-order valence-corrected chi connectivity index (χ0v) is 12.2. The molecule has 0 atom stereocenters. The van der Waals surface area contributed by atoms with E-state index in [0.29, 0.717) is 0 Å². The van der Waals surface area contributed by atoms with Crippen molar-refractivity contribution in [2.24, 2.45) is 10.1 Å². The highest BCUT2D eigenvalue weighted by molar-refractivity contribution is 6.51. The summed E-state index contributed by atoms with van der Waals surface area (Å²) in [4.78, 5) is 37.1. The van der Waals surface area contributed by atoms with Gasteiger partial charge in [-0.15, -0.1) is 0 Å². The summed E-state index contributed by atoms with van der Waals surface area (Å²) in [5, 5.41) is 24.5. The number of rotatable bonds is 2. The third-order valence-corrected chi connectivity index (χ3v) is 3.28. The number of halogens is 1. The number of allylic oxidation sites excluding steroid dienone is 7. The minimum Gasteiger partial charge on any atom is -0.285 e. The number of aliphatic imine (C=N–C) groups is 1. The largest absolute Gasteiger partial charge is 0.321 e. The van der Waals surface area contributed by atoms with Crippen LogP contribution in [0, 0.1) is 10.1 Å². The van der Waals surface area contributed by atoms with Crippen molar-refractivity contribution in [3.05, 3.63) is 69.2 Å². The molecule has 2 N–H and O–H groups in total. The Hall–Kier alpha value is -3.73. The highest BCUT2D eigenvalue weighted by atomic mass is 19.1. The van der Waals surface area contributed by atoms with Crippen molar-refractivity contribution in [3.63, 3.8) is 0 Å². The Morgan fingerprint density at radius 3 is 2.80 bits per heavy atom. The molecule has 10 nitrogen and oxygen atoms in total. The summed E-state index contributed by atoms with van der Waals surface area (Å²) in [6.45, 7) is 0. The molecule has 2 aliphatic heterocycles. The van der Waals surface area contributed by atoms with E-state index >= 15 is 0 Å². The van der Waals surface area contributed by atoms with Crippen molar-refractivity contribution in [1.29, 1.82) is 0 Å². The van der Waals surface area contributed by atoms with E-state index in [-0.39, 0.29) is 27.9 Å². The van der Waals surface area contributed by atoms with E-state index in [1.54, 1.807) is 0 Å². The van der Waals surface area contributed by atoms with E-state index in [1.807, 2.05) is 0 Å². The predicted molar refractivity (Wildman–Crippen MR) is 81.2 cm³/mol. The lowest BCUT2D eigenvalue weighted by atomic mass is 9.99. The van der Waals surface area contributed by atoms with Gasteiger partial charge in [-0.05, 0) is 18.2 Å². The van der Waals surface area contributed by atoms with E-state index in [9.17, 15) is 29.3 Å². The highest BCUT2D eigenvalue weighted by Crippen LogP contribution is 2.22. The first-order chi connectivity index (χ1) is 11.9. The first-order valence-electron chi connectivity index (χ1n) is 6.70. The second-order valence-corrected chi connectivity index (χ2v) is 4.84. The summed E-state index contributed by atoms with van der Waals surface area (Å²) < 4.78 is 13.4. The van der Waals surface area contributed by atoms with Crippen LogP contribution in [0.25, 0.3) is 0 Å². The van der Waals surface area contributed by atoms with Gasteiger partial charge < -0.3 is 0 Å². The maximum absolute atomic E-state index is 13.4. The quantitative estimate of drug-likeness (QED) is 0.244. The standard InChI is InChI=1S/C14H8FN5O5/c15-12-3-1-2-9(19(12)23)14-17-8(6-16-18-14)7-4-10(20(24)25)13(22)11(21)5-7/h1-6,18,23H. The molecule has 3 rings (SSSR count). The SMILES string of the molecule is O=C1C=C(C2=NC(=C3C=CC=C(F)N3O)NN=C2)C=C([N+](=O)[O-])C1=O. The number of carbonyl (C=O) groups excluding carboxylic acids is 2. The molecule has 0 aromatic carbocycles. The summed E-state index contributed by atoms with van der Waals surface area (Å²) >= 11 is 0. The third-order valence-electron chi connectivity index (χ3n) is 3.28. The van der Waals surface area contributed by atoms with Gasteiger partial charge in [0.1, 0.15) is 5.70 Å². The average molecular weight is 345 g/mol. The van der Waals surface area contributed by atoms with Crippen LogP contribution in [0.15, 0.2) is 69.2 Å². The fraction of sp³-hybridized carbons (Fsp3) is 0. The van der Waals surface area contributed by atoms with Crippen LogP contribution in [-0.4, -0.2) is 38.7 Å². The van der Waals surface area contributed by atoms with Gasteiger partial charge in [0.2, 0.25) is 11.7 Å². The van der Waals surface area contributed by atoms with Gasteiger partial charge in [0.05, 0.1) is 16.8 Å². The zero-order valence-electron chi connectivity index (χ0n) is 12.2.